The predicted molar refractivity (Wildman–Crippen MR) is 106 cm³/mol. The molecule has 1 atom stereocenters. The van der Waals surface area contributed by atoms with E-state index in [9.17, 15) is 9.18 Å². The van der Waals surface area contributed by atoms with E-state index in [4.69, 9.17) is 4.42 Å². The zero-order valence-corrected chi connectivity index (χ0v) is 16.4. The summed E-state index contributed by atoms with van der Waals surface area (Å²) in [6.45, 7) is 0.359. The van der Waals surface area contributed by atoms with Crippen LogP contribution in [0.15, 0.2) is 53.6 Å². The van der Waals surface area contributed by atoms with Gasteiger partial charge in [-0.2, -0.15) is 9.49 Å². The molecule has 1 unspecified atom stereocenters. The minimum Gasteiger partial charge on any atom is -0.411 e. The number of H-pyrrole nitrogens is 1. The maximum atomic E-state index is 14.2. The first-order valence-electron chi connectivity index (χ1n) is 9.76. The Bertz CT molecular complexity index is 1440. The third-order valence-corrected chi connectivity index (χ3v) is 5.32. The van der Waals surface area contributed by atoms with Crippen molar-refractivity contribution in [2.45, 2.75) is 12.5 Å². The molecule has 6 rings (SSSR count). The van der Waals surface area contributed by atoms with Gasteiger partial charge >= 0.3 is 11.8 Å². The largest absolute Gasteiger partial charge is 0.411 e. The molecular weight excluding hydrogens is 417 g/mol. The number of aromatic amines is 1. The lowest BCUT2D eigenvalue weighted by molar-refractivity contribution is 0.0646. The molecule has 0 fully saturated rings. The van der Waals surface area contributed by atoms with Crippen LogP contribution in [0, 0.1) is 5.95 Å². The number of nitrogens with one attached hydrogen (secondary N) is 1. The Morgan fingerprint density at radius 1 is 1.22 bits per heavy atom. The second kappa shape index (κ2) is 7.04. The minimum absolute atomic E-state index is 0.0882. The summed E-state index contributed by atoms with van der Waals surface area (Å²) in [5.41, 5.74) is 2.94. The Kier molecular flexibility index (Phi) is 4.03. The normalized spacial score (nSPS) is 15.8. The van der Waals surface area contributed by atoms with E-state index in [1.54, 1.807) is 29.4 Å². The van der Waals surface area contributed by atoms with E-state index in [1.807, 2.05) is 0 Å². The smallest absolute Gasteiger partial charge is 0.312 e. The second-order valence-corrected chi connectivity index (χ2v) is 7.17. The Morgan fingerprint density at radius 3 is 3.00 bits per heavy atom. The molecule has 1 N–H and O–H groups in total. The summed E-state index contributed by atoms with van der Waals surface area (Å²) in [6.07, 6.45) is 6.60. The Labute approximate surface area is 179 Å². The molecule has 0 spiro atoms. The molecule has 6 heterocycles. The highest BCUT2D eigenvalue weighted by atomic mass is 19.1. The van der Waals surface area contributed by atoms with E-state index >= 15 is 0 Å². The number of halogens is 1. The maximum Gasteiger partial charge on any atom is 0.312 e. The van der Waals surface area contributed by atoms with Crippen LogP contribution in [0.5, 0.6) is 0 Å². The predicted octanol–water partition coefficient (Wildman–Crippen LogP) is 1.82. The Hall–Kier alpha value is -4.48. The molecular formula is C20H14FN9O2. The number of carbonyl (C=O) groups excluding carboxylic acids is 1. The number of rotatable bonds is 3. The number of hydrogen-bond acceptors (Lipinski definition) is 8. The third kappa shape index (κ3) is 2.84. The average Bonchev–Trinajstić information content (AvgIpc) is 3.58. The van der Waals surface area contributed by atoms with Crippen LogP contribution in [-0.4, -0.2) is 57.1 Å². The lowest BCUT2D eigenvalue weighted by Gasteiger charge is -2.32. The third-order valence-electron chi connectivity index (χ3n) is 5.32. The minimum atomic E-state index is -0.649. The van der Waals surface area contributed by atoms with Crippen LogP contribution in [-0.2, 0) is 6.42 Å². The molecule has 0 saturated heterocycles. The van der Waals surface area contributed by atoms with Crippen molar-refractivity contribution in [1.29, 1.82) is 0 Å². The van der Waals surface area contributed by atoms with Gasteiger partial charge in [-0.1, -0.05) is 6.07 Å². The van der Waals surface area contributed by atoms with E-state index in [-0.39, 0.29) is 11.8 Å². The van der Waals surface area contributed by atoms with E-state index < -0.39 is 17.9 Å². The zero-order valence-electron chi connectivity index (χ0n) is 16.4. The van der Waals surface area contributed by atoms with Crippen molar-refractivity contribution in [2.75, 3.05) is 6.54 Å². The van der Waals surface area contributed by atoms with Gasteiger partial charge in [-0.05, 0) is 18.2 Å². The van der Waals surface area contributed by atoms with Crippen LogP contribution in [0.1, 0.15) is 33.8 Å². The SMILES string of the molecule is O=C(c1nnc(-c2cnccn2)o1)N1CCc2[nH]cnc2C1c1cc2cccc(F)n2n1. The Balaban J connectivity index is 1.41. The lowest BCUT2D eigenvalue weighted by atomic mass is 9.99. The number of fused-ring (bicyclic) bond motifs is 2. The number of imidazole rings is 1. The number of nitrogens with zero attached hydrogens (tertiary/aromatic N) is 8. The van der Waals surface area contributed by atoms with Gasteiger partial charge in [-0.3, -0.25) is 9.78 Å². The highest BCUT2D eigenvalue weighted by Crippen LogP contribution is 2.34. The fourth-order valence-corrected chi connectivity index (χ4v) is 3.88. The second-order valence-electron chi connectivity index (χ2n) is 7.17. The fraction of sp³-hybridized carbons (Fsp3) is 0.150. The van der Waals surface area contributed by atoms with Gasteiger partial charge in [0.25, 0.3) is 5.89 Å². The van der Waals surface area contributed by atoms with Gasteiger partial charge in [0.05, 0.1) is 29.4 Å². The van der Waals surface area contributed by atoms with Crippen LogP contribution in [0.25, 0.3) is 17.1 Å². The van der Waals surface area contributed by atoms with Crippen molar-refractivity contribution in [3.63, 3.8) is 0 Å². The molecule has 12 heteroatoms. The van der Waals surface area contributed by atoms with Gasteiger partial charge in [0.2, 0.25) is 5.95 Å². The van der Waals surface area contributed by atoms with Gasteiger partial charge < -0.3 is 14.3 Å². The van der Waals surface area contributed by atoms with Gasteiger partial charge in [-0.25, -0.2) is 14.5 Å². The molecule has 0 radical (unpaired) electrons. The summed E-state index contributed by atoms with van der Waals surface area (Å²) in [7, 11) is 0. The van der Waals surface area contributed by atoms with Crippen LogP contribution in [0.3, 0.4) is 0 Å². The highest BCUT2D eigenvalue weighted by Gasteiger charge is 2.38. The molecule has 158 valence electrons. The fourth-order valence-electron chi connectivity index (χ4n) is 3.88. The monoisotopic (exact) mass is 431 g/mol. The van der Waals surface area contributed by atoms with Crippen LogP contribution >= 0.6 is 0 Å². The maximum absolute atomic E-state index is 14.2. The molecule has 1 aliphatic heterocycles. The molecule has 11 nitrogen and oxygen atoms in total. The summed E-state index contributed by atoms with van der Waals surface area (Å²) < 4.78 is 21.0. The van der Waals surface area contributed by atoms with Crippen molar-refractivity contribution in [1.82, 2.24) is 44.6 Å². The van der Waals surface area contributed by atoms with Gasteiger partial charge in [0, 0.05) is 31.1 Å². The first-order valence-corrected chi connectivity index (χ1v) is 9.76. The van der Waals surface area contributed by atoms with Crippen molar-refractivity contribution in [3.8, 4) is 11.6 Å². The number of hydrogen-bond donors (Lipinski definition) is 1. The molecule has 32 heavy (non-hydrogen) atoms. The number of pyridine rings is 1. The summed E-state index contributed by atoms with van der Waals surface area (Å²) in [5, 5.41) is 12.2. The van der Waals surface area contributed by atoms with Crippen molar-refractivity contribution >= 4 is 11.4 Å². The number of aromatic nitrogens is 8. The Morgan fingerprint density at radius 2 is 2.16 bits per heavy atom. The number of carbonyl (C=O) groups is 1. The van der Waals surface area contributed by atoms with E-state index in [0.29, 0.717) is 35.6 Å². The molecule has 0 aliphatic carbocycles. The van der Waals surface area contributed by atoms with Gasteiger partial charge in [0.15, 0.2) is 0 Å². The number of amides is 1. The van der Waals surface area contributed by atoms with Crippen LogP contribution in [0.2, 0.25) is 0 Å². The highest BCUT2D eigenvalue weighted by molar-refractivity contribution is 5.90. The van der Waals surface area contributed by atoms with Crippen molar-refractivity contribution in [2.24, 2.45) is 0 Å². The summed E-state index contributed by atoms with van der Waals surface area (Å²) >= 11 is 0. The standard InChI is InChI=1S/C20H14FN9O2/c21-15-3-1-2-11-8-13(28-30(11)15)17-16-12(24-10-25-16)4-7-29(17)20(31)19-27-26-18(32-19)14-9-22-5-6-23-14/h1-3,5-6,8-10,17H,4,7H2,(H,24,25). The first kappa shape index (κ1) is 18.3. The molecule has 5 aromatic rings. The molecule has 0 saturated carbocycles. The zero-order chi connectivity index (χ0) is 21.7. The molecule has 0 bridgehead atoms. The summed E-state index contributed by atoms with van der Waals surface area (Å²) in [4.78, 5) is 30.5. The molecule has 1 aliphatic rings. The van der Waals surface area contributed by atoms with Crippen LogP contribution < -0.4 is 0 Å². The quantitative estimate of drug-likeness (QED) is 0.428. The van der Waals surface area contributed by atoms with Gasteiger partial charge in [-0.15, -0.1) is 10.2 Å². The summed E-state index contributed by atoms with van der Waals surface area (Å²) in [6, 6.07) is 5.75. The topological polar surface area (TPSA) is 131 Å². The lowest BCUT2D eigenvalue weighted by Crippen LogP contribution is -2.41. The molecule has 5 aromatic heterocycles. The summed E-state index contributed by atoms with van der Waals surface area (Å²) in [5.74, 6) is -1.09. The van der Waals surface area contributed by atoms with Crippen molar-refractivity contribution in [3.05, 3.63) is 78.1 Å². The van der Waals surface area contributed by atoms with Gasteiger partial charge in [0.1, 0.15) is 11.7 Å². The van der Waals surface area contributed by atoms with Crippen LogP contribution in [0.4, 0.5) is 4.39 Å². The molecule has 1 amide bonds. The van der Waals surface area contributed by atoms with Crippen molar-refractivity contribution < 1.29 is 13.6 Å². The first-order chi connectivity index (χ1) is 15.7. The van der Waals surface area contributed by atoms with E-state index in [2.05, 4.69) is 35.2 Å². The van der Waals surface area contributed by atoms with E-state index in [0.717, 1.165) is 5.69 Å². The van der Waals surface area contributed by atoms with E-state index in [1.165, 1.54) is 29.2 Å². The molecule has 0 aromatic carbocycles. The average molecular weight is 431 g/mol.